The number of rotatable bonds is 6. The average Bonchev–Trinajstić information content (AvgIpc) is 2.27. The second kappa shape index (κ2) is 6.49. The summed E-state index contributed by atoms with van der Waals surface area (Å²) in [5.74, 6) is 0.136. The van der Waals surface area contributed by atoms with Gasteiger partial charge >= 0.3 is 0 Å². The first-order chi connectivity index (χ1) is 7.97. The standard InChI is InChI=1S/C11H16BrNO3S/c1-9(8-16-2)7-13-17(14,15)11-6-4-3-5-10(11)12/h3-6,9,13H,7-8H2,1-2H3. The van der Waals surface area contributed by atoms with Crippen molar-refractivity contribution in [1.29, 1.82) is 0 Å². The summed E-state index contributed by atoms with van der Waals surface area (Å²) in [5.41, 5.74) is 0. The molecule has 6 heteroatoms. The first-order valence-electron chi connectivity index (χ1n) is 5.20. The Bertz CT molecular complexity index is 462. The van der Waals surface area contributed by atoms with Crippen molar-refractivity contribution in [3.8, 4) is 0 Å². The van der Waals surface area contributed by atoms with Crippen molar-refractivity contribution in [2.75, 3.05) is 20.3 Å². The first kappa shape index (κ1) is 14.6. The molecular formula is C11H16BrNO3S. The monoisotopic (exact) mass is 321 g/mol. The predicted octanol–water partition coefficient (Wildman–Crippen LogP) is 2.01. The van der Waals surface area contributed by atoms with E-state index in [9.17, 15) is 8.42 Å². The molecule has 0 aliphatic heterocycles. The average molecular weight is 322 g/mol. The van der Waals surface area contributed by atoms with Crippen molar-refractivity contribution >= 4 is 26.0 Å². The fourth-order valence-corrected chi connectivity index (χ4v) is 3.50. The largest absolute Gasteiger partial charge is 0.384 e. The van der Waals surface area contributed by atoms with Crippen molar-refractivity contribution in [2.24, 2.45) is 5.92 Å². The lowest BCUT2D eigenvalue weighted by atomic mass is 10.2. The van der Waals surface area contributed by atoms with Gasteiger partial charge in [0.25, 0.3) is 0 Å². The normalized spacial score (nSPS) is 13.6. The summed E-state index contributed by atoms with van der Waals surface area (Å²) in [6, 6.07) is 6.73. The molecule has 1 rings (SSSR count). The maximum absolute atomic E-state index is 12.0. The lowest BCUT2D eigenvalue weighted by molar-refractivity contribution is 0.161. The van der Waals surface area contributed by atoms with Crippen LogP contribution in [0.4, 0.5) is 0 Å². The van der Waals surface area contributed by atoms with Crippen molar-refractivity contribution in [3.63, 3.8) is 0 Å². The molecule has 1 aromatic carbocycles. The molecule has 17 heavy (non-hydrogen) atoms. The Hall–Kier alpha value is -0.430. The molecule has 0 spiro atoms. The number of hydrogen-bond acceptors (Lipinski definition) is 3. The van der Waals surface area contributed by atoms with E-state index >= 15 is 0 Å². The van der Waals surface area contributed by atoms with Crippen LogP contribution in [0.3, 0.4) is 0 Å². The molecule has 1 atom stereocenters. The molecule has 0 aliphatic rings. The smallest absolute Gasteiger partial charge is 0.241 e. The summed E-state index contributed by atoms with van der Waals surface area (Å²) in [5, 5.41) is 0. The summed E-state index contributed by atoms with van der Waals surface area (Å²) in [6.07, 6.45) is 0. The van der Waals surface area contributed by atoms with E-state index in [1.165, 1.54) is 0 Å². The fourth-order valence-electron chi connectivity index (χ4n) is 1.34. The number of hydrogen-bond donors (Lipinski definition) is 1. The molecule has 1 aromatic rings. The first-order valence-corrected chi connectivity index (χ1v) is 7.48. The van der Waals surface area contributed by atoms with Crippen LogP contribution in [0.1, 0.15) is 6.92 Å². The van der Waals surface area contributed by atoms with Crippen molar-refractivity contribution < 1.29 is 13.2 Å². The van der Waals surface area contributed by atoms with Gasteiger partial charge in [0.05, 0.1) is 4.90 Å². The van der Waals surface area contributed by atoms with E-state index in [0.29, 0.717) is 17.6 Å². The summed E-state index contributed by atoms with van der Waals surface area (Å²) in [6.45, 7) is 2.81. The van der Waals surface area contributed by atoms with Gasteiger partial charge in [0.2, 0.25) is 10.0 Å². The molecule has 0 aliphatic carbocycles. The van der Waals surface area contributed by atoms with Gasteiger partial charge in [0.1, 0.15) is 0 Å². The van der Waals surface area contributed by atoms with Gasteiger partial charge in [-0.2, -0.15) is 0 Å². The molecule has 0 bridgehead atoms. The number of halogens is 1. The molecule has 4 nitrogen and oxygen atoms in total. The Kier molecular flexibility index (Phi) is 5.58. The Morgan fingerprint density at radius 1 is 1.41 bits per heavy atom. The minimum Gasteiger partial charge on any atom is -0.384 e. The Morgan fingerprint density at radius 2 is 2.06 bits per heavy atom. The van der Waals surface area contributed by atoms with Crippen LogP contribution in [0.2, 0.25) is 0 Å². The number of benzene rings is 1. The second-order valence-corrected chi connectivity index (χ2v) is 6.43. The van der Waals surface area contributed by atoms with E-state index < -0.39 is 10.0 Å². The molecular weight excluding hydrogens is 306 g/mol. The van der Waals surface area contributed by atoms with Gasteiger partial charge in [-0.25, -0.2) is 13.1 Å². The highest BCUT2D eigenvalue weighted by molar-refractivity contribution is 9.10. The molecule has 96 valence electrons. The zero-order chi connectivity index (χ0) is 12.9. The topological polar surface area (TPSA) is 55.4 Å². The zero-order valence-electron chi connectivity index (χ0n) is 9.81. The Labute approximate surface area is 111 Å². The predicted molar refractivity (Wildman–Crippen MR) is 70.4 cm³/mol. The summed E-state index contributed by atoms with van der Waals surface area (Å²) in [4.78, 5) is 0.254. The number of nitrogens with one attached hydrogen (secondary N) is 1. The van der Waals surface area contributed by atoms with Crippen LogP contribution in [0.5, 0.6) is 0 Å². The quantitative estimate of drug-likeness (QED) is 0.872. The SMILES string of the molecule is COCC(C)CNS(=O)(=O)c1ccccc1Br. The highest BCUT2D eigenvalue weighted by atomic mass is 79.9. The van der Waals surface area contributed by atoms with Crippen LogP contribution >= 0.6 is 15.9 Å². The van der Waals surface area contributed by atoms with Crippen LogP contribution in [0.15, 0.2) is 33.6 Å². The molecule has 0 radical (unpaired) electrons. The highest BCUT2D eigenvalue weighted by Gasteiger charge is 2.17. The van der Waals surface area contributed by atoms with E-state index in [0.717, 1.165) is 0 Å². The molecule has 0 fully saturated rings. The minimum atomic E-state index is -3.46. The molecule has 0 saturated carbocycles. The van der Waals surface area contributed by atoms with E-state index in [1.807, 2.05) is 6.92 Å². The van der Waals surface area contributed by atoms with Crippen LogP contribution in [0.25, 0.3) is 0 Å². The lowest BCUT2D eigenvalue weighted by Gasteiger charge is -2.12. The van der Waals surface area contributed by atoms with Gasteiger partial charge < -0.3 is 4.74 Å². The van der Waals surface area contributed by atoms with Crippen molar-refractivity contribution in [2.45, 2.75) is 11.8 Å². The second-order valence-electron chi connectivity index (χ2n) is 3.84. The van der Waals surface area contributed by atoms with Crippen LogP contribution in [-0.2, 0) is 14.8 Å². The third-order valence-corrected chi connectivity index (χ3v) is 4.63. The maximum Gasteiger partial charge on any atom is 0.241 e. The lowest BCUT2D eigenvalue weighted by Crippen LogP contribution is -2.30. The molecule has 0 heterocycles. The maximum atomic E-state index is 12.0. The zero-order valence-corrected chi connectivity index (χ0v) is 12.2. The highest BCUT2D eigenvalue weighted by Crippen LogP contribution is 2.20. The van der Waals surface area contributed by atoms with Crippen LogP contribution in [0, 0.1) is 5.92 Å². The van der Waals surface area contributed by atoms with Gasteiger partial charge in [-0.15, -0.1) is 0 Å². The molecule has 1 N–H and O–H groups in total. The molecule has 0 amide bonds. The third-order valence-electron chi connectivity index (χ3n) is 2.20. The van der Waals surface area contributed by atoms with Gasteiger partial charge in [-0.1, -0.05) is 19.1 Å². The number of methoxy groups -OCH3 is 1. The van der Waals surface area contributed by atoms with Crippen molar-refractivity contribution in [1.82, 2.24) is 4.72 Å². The van der Waals surface area contributed by atoms with Crippen molar-refractivity contribution in [3.05, 3.63) is 28.7 Å². The van der Waals surface area contributed by atoms with E-state index in [-0.39, 0.29) is 10.8 Å². The minimum absolute atomic E-state index is 0.136. The summed E-state index contributed by atoms with van der Waals surface area (Å²) in [7, 11) is -1.86. The Balaban J connectivity index is 2.73. The van der Waals surface area contributed by atoms with Gasteiger partial charge in [-0.3, -0.25) is 0 Å². The number of sulfonamides is 1. The summed E-state index contributed by atoms with van der Waals surface area (Å²) < 4.78 is 32.0. The van der Waals surface area contributed by atoms with Crippen LogP contribution in [-0.4, -0.2) is 28.7 Å². The summed E-state index contributed by atoms with van der Waals surface area (Å²) >= 11 is 3.23. The van der Waals surface area contributed by atoms with E-state index in [2.05, 4.69) is 20.7 Å². The number of ether oxygens (including phenoxy) is 1. The Morgan fingerprint density at radius 3 is 2.65 bits per heavy atom. The fraction of sp³-hybridized carbons (Fsp3) is 0.455. The third kappa shape index (κ3) is 4.39. The van der Waals surface area contributed by atoms with Crippen LogP contribution < -0.4 is 4.72 Å². The molecule has 0 aromatic heterocycles. The van der Waals surface area contributed by atoms with Gasteiger partial charge in [-0.05, 0) is 34.0 Å². The van der Waals surface area contributed by atoms with E-state index in [1.54, 1.807) is 31.4 Å². The molecule has 1 unspecified atom stereocenters. The van der Waals surface area contributed by atoms with Gasteiger partial charge in [0, 0.05) is 24.7 Å². The van der Waals surface area contributed by atoms with Gasteiger partial charge in [0.15, 0.2) is 0 Å². The molecule has 0 saturated heterocycles. The van der Waals surface area contributed by atoms with E-state index in [4.69, 9.17) is 4.74 Å².